The van der Waals surface area contributed by atoms with Gasteiger partial charge in [-0.1, -0.05) is 12.1 Å². The molecule has 3 nitrogen and oxygen atoms in total. The van der Waals surface area contributed by atoms with Gasteiger partial charge in [-0.2, -0.15) is 0 Å². The van der Waals surface area contributed by atoms with Gasteiger partial charge in [0.2, 0.25) is 0 Å². The fourth-order valence-corrected chi connectivity index (χ4v) is 2.71. The highest BCUT2D eigenvalue weighted by molar-refractivity contribution is 6.01. The Balaban J connectivity index is 2.13. The van der Waals surface area contributed by atoms with Crippen LogP contribution in [0.3, 0.4) is 0 Å². The van der Waals surface area contributed by atoms with E-state index in [2.05, 4.69) is 4.90 Å². The molecular weight excluding hydrogens is 250 g/mol. The second-order valence-electron chi connectivity index (χ2n) is 5.66. The summed E-state index contributed by atoms with van der Waals surface area (Å²) in [5.41, 5.74) is 2.04. The molecule has 1 aromatic rings. The van der Waals surface area contributed by atoms with E-state index in [1.807, 2.05) is 44.4 Å². The monoisotopic (exact) mass is 273 g/mol. The summed E-state index contributed by atoms with van der Waals surface area (Å²) in [4.78, 5) is 14.6. The zero-order valence-electron chi connectivity index (χ0n) is 12.6. The third kappa shape index (κ3) is 3.70. The Labute approximate surface area is 121 Å². The van der Waals surface area contributed by atoms with E-state index in [0.29, 0.717) is 5.78 Å². The molecule has 108 valence electrons. The fourth-order valence-electron chi connectivity index (χ4n) is 2.71. The van der Waals surface area contributed by atoms with E-state index >= 15 is 0 Å². The van der Waals surface area contributed by atoms with Crippen LogP contribution < -0.4 is 4.74 Å². The van der Waals surface area contributed by atoms with Gasteiger partial charge in [0.05, 0.1) is 7.11 Å². The topological polar surface area (TPSA) is 29.5 Å². The minimum absolute atomic E-state index is 0.156. The molecule has 1 aromatic carbocycles. The Morgan fingerprint density at radius 2 is 2.00 bits per heavy atom. The number of ketones is 1. The molecule has 3 heteroatoms. The van der Waals surface area contributed by atoms with Crippen LogP contribution in [0.1, 0.15) is 24.8 Å². The summed E-state index contributed by atoms with van der Waals surface area (Å²) in [5, 5.41) is 0. The summed E-state index contributed by atoms with van der Waals surface area (Å²) in [6.45, 7) is 0.846. The van der Waals surface area contributed by atoms with Crippen LogP contribution in [0.5, 0.6) is 5.75 Å². The first kappa shape index (κ1) is 14.8. The van der Waals surface area contributed by atoms with Crippen molar-refractivity contribution in [3.05, 3.63) is 35.4 Å². The van der Waals surface area contributed by atoms with E-state index < -0.39 is 0 Å². The molecule has 1 fully saturated rings. The quantitative estimate of drug-likeness (QED) is 0.790. The number of methoxy groups -OCH3 is 1. The lowest BCUT2D eigenvalue weighted by atomic mass is 9.83. The Morgan fingerprint density at radius 1 is 1.30 bits per heavy atom. The van der Waals surface area contributed by atoms with Crippen molar-refractivity contribution >= 4 is 11.9 Å². The standard InChI is InChI=1S/C17H23NO2/c1-18(2)12-15-6-4-5-14(17(15)19)11-13-7-9-16(20-3)10-8-13/h7-11,15H,4-6,12H2,1-3H3/b14-11+/t15-/m1/s1. The van der Waals surface area contributed by atoms with Crippen molar-refractivity contribution in [2.45, 2.75) is 19.3 Å². The number of ether oxygens (including phenoxy) is 1. The molecule has 0 amide bonds. The van der Waals surface area contributed by atoms with E-state index in [1.165, 1.54) is 0 Å². The molecule has 1 aliphatic carbocycles. The first-order valence-electron chi connectivity index (χ1n) is 7.13. The Bertz CT molecular complexity index is 488. The van der Waals surface area contributed by atoms with Gasteiger partial charge in [-0.05, 0) is 62.7 Å². The molecule has 0 radical (unpaired) electrons. The van der Waals surface area contributed by atoms with Gasteiger partial charge in [-0.15, -0.1) is 0 Å². The normalized spacial score (nSPS) is 21.5. The second-order valence-corrected chi connectivity index (χ2v) is 5.66. The van der Waals surface area contributed by atoms with Crippen LogP contribution in [-0.4, -0.2) is 38.4 Å². The van der Waals surface area contributed by atoms with Crippen molar-refractivity contribution in [1.29, 1.82) is 0 Å². The molecule has 1 aliphatic rings. The third-order valence-corrected chi connectivity index (χ3v) is 3.73. The lowest BCUT2D eigenvalue weighted by Crippen LogP contribution is -2.31. The summed E-state index contributed by atoms with van der Waals surface area (Å²) >= 11 is 0. The SMILES string of the molecule is COc1ccc(/C=C2\CCC[C@H](CN(C)C)C2=O)cc1. The predicted octanol–water partition coefficient (Wildman–Crippen LogP) is 3.01. The van der Waals surface area contributed by atoms with Gasteiger partial charge in [-0.25, -0.2) is 0 Å². The van der Waals surface area contributed by atoms with Crippen LogP contribution in [0.4, 0.5) is 0 Å². The van der Waals surface area contributed by atoms with E-state index in [4.69, 9.17) is 4.74 Å². The number of allylic oxidation sites excluding steroid dienone is 1. The minimum atomic E-state index is 0.156. The number of carbonyl (C=O) groups excluding carboxylic acids is 1. The molecule has 0 N–H and O–H groups in total. The minimum Gasteiger partial charge on any atom is -0.497 e. The Morgan fingerprint density at radius 3 is 2.60 bits per heavy atom. The molecule has 0 aromatic heterocycles. The predicted molar refractivity (Wildman–Crippen MR) is 81.9 cm³/mol. The molecule has 0 saturated heterocycles. The zero-order chi connectivity index (χ0) is 14.5. The van der Waals surface area contributed by atoms with Gasteiger partial charge in [0.15, 0.2) is 5.78 Å². The van der Waals surface area contributed by atoms with Gasteiger partial charge < -0.3 is 9.64 Å². The van der Waals surface area contributed by atoms with E-state index in [1.54, 1.807) is 7.11 Å². The zero-order valence-corrected chi connectivity index (χ0v) is 12.6. The van der Waals surface area contributed by atoms with Crippen LogP contribution in [0, 0.1) is 5.92 Å². The smallest absolute Gasteiger partial charge is 0.163 e. The maximum Gasteiger partial charge on any atom is 0.163 e. The van der Waals surface area contributed by atoms with Gasteiger partial charge in [0.1, 0.15) is 5.75 Å². The van der Waals surface area contributed by atoms with Gasteiger partial charge in [0, 0.05) is 12.5 Å². The second kappa shape index (κ2) is 6.71. The molecule has 20 heavy (non-hydrogen) atoms. The average Bonchev–Trinajstić information content (AvgIpc) is 2.43. The van der Waals surface area contributed by atoms with E-state index in [-0.39, 0.29) is 5.92 Å². The number of benzene rings is 1. The van der Waals surface area contributed by atoms with Crippen molar-refractivity contribution in [3.63, 3.8) is 0 Å². The van der Waals surface area contributed by atoms with Crippen molar-refractivity contribution in [2.75, 3.05) is 27.7 Å². The number of rotatable bonds is 4. The number of carbonyl (C=O) groups is 1. The third-order valence-electron chi connectivity index (χ3n) is 3.73. The number of Topliss-reactive ketones (excluding diaryl/α,β-unsaturated/α-hetero) is 1. The van der Waals surface area contributed by atoms with Crippen LogP contribution in [0.15, 0.2) is 29.8 Å². The highest BCUT2D eigenvalue weighted by Gasteiger charge is 2.26. The summed E-state index contributed by atoms with van der Waals surface area (Å²) in [5.74, 6) is 1.32. The lowest BCUT2D eigenvalue weighted by Gasteiger charge is -2.25. The molecule has 0 bridgehead atoms. The number of hydrogen-bond donors (Lipinski definition) is 0. The molecule has 2 rings (SSSR count). The van der Waals surface area contributed by atoms with Gasteiger partial charge in [0.25, 0.3) is 0 Å². The van der Waals surface area contributed by atoms with E-state index in [0.717, 1.165) is 42.7 Å². The first-order valence-corrected chi connectivity index (χ1v) is 7.13. The van der Waals surface area contributed by atoms with Crippen LogP contribution in [0.25, 0.3) is 6.08 Å². The molecule has 0 heterocycles. The maximum atomic E-state index is 12.5. The fraction of sp³-hybridized carbons (Fsp3) is 0.471. The molecule has 0 spiro atoms. The molecule has 0 unspecified atom stereocenters. The summed E-state index contributed by atoms with van der Waals surface area (Å²) in [7, 11) is 5.70. The molecular formula is C17H23NO2. The van der Waals surface area contributed by atoms with Crippen LogP contribution in [0.2, 0.25) is 0 Å². The summed E-state index contributed by atoms with van der Waals surface area (Å²) in [6.07, 6.45) is 5.04. The molecule has 0 aliphatic heterocycles. The molecule has 1 atom stereocenters. The summed E-state index contributed by atoms with van der Waals surface area (Å²) in [6, 6.07) is 7.84. The van der Waals surface area contributed by atoms with Crippen molar-refractivity contribution in [1.82, 2.24) is 4.90 Å². The Kier molecular flexibility index (Phi) is 4.96. The Hall–Kier alpha value is -1.61. The highest BCUT2D eigenvalue weighted by Crippen LogP contribution is 2.27. The average molecular weight is 273 g/mol. The van der Waals surface area contributed by atoms with E-state index in [9.17, 15) is 4.79 Å². The van der Waals surface area contributed by atoms with Gasteiger partial charge in [-0.3, -0.25) is 4.79 Å². The maximum absolute atomic E-state index is 12.5. The number of nitrogens with zero attached hydrogens (tertiary/aromatic N) is 1. The molecule has 1 saturated carbocycles. The van der Waals surface area contributed by atoms with Crippen LogP contribution in [-0.2, 0) is 4.79 Å². The van der Waals surface area contributed by atoms with Crippen molar-refractivity contribution in [3.8, 4) is 5.75 Å². The summed E-state index contributed by atoms with van der Waals surface area (Å²) < 4.78 is 5.15. The van der Waals surface area contributed by atoms with Gasteiger partial charge >= 0.3 is 0 Å². The number of hydrogen-bond acceptors (Lipinski definition) is 3. The van der Waals surface area contributed by atoms with Crippen molar-refractivity contribution in [2.24, 2.45) is 5.92 Å². The van der Waals surface area contributed by atoms with Crippen molar-refractivity contribution < 1.29 is 9.53 Å². The first-order chi connectivity index (χ1) is 9.60. The van der Waals surface area contributed by atoms with Crippen LogP contribution >= 0.6 is 0 Å². The largest absolute Gasteiger partial charge is 0.497 e. The highest BCUT2D eigenvalue weighted by atomic mass is 16.5. The lowest BCUT2D eigenvalue weighted by molar-refractivity contribution is -0.120.